The molecule has 23 nitrogen and oxygen atoms in total. The van der Waals surface area contributed by atoms with Crippen LogP contribution in [-0.2, 0) is 30.4 Å². The molecule has 6 aromatic rings. The Morgan fingerprint density at radius 3 is 1.32 bits per heavy atom. The Morgan fingerprint density at radius 2 is 0.914 bits per heavy atom. The summed E-state index contributed by atoms with van der Waals surface area (Å²) in [7, 11) is 8.69. The van der Waals surface area contributed by atoms with Crippen LogP contribution in [0.25, 0.3) is 0 Å². The highest BCUT2D eigenvalue weighted by molar-refractivity contribution is 6.22. The first kappa shape index (κ1) is 59.7. The molecule has 2 saturated heterocycles. The fourth-order valence-electron chi connectivity index (χ4n) is 17.4. The van der Waals surface area contributed by atoms with Gasteiger partial charge in [-0.2, -0.15) is 10.5 Å². The van der Waals surface area contributed by atoms with Crippen LogP contribution in [0.1, 0.15) is 132 Å². The number of piperazine rings is 2. The summed E-state index contributed by atoms with van der Waals surface area (Å²) in [5.41, 5.74) is 10.3. The molecular weight excluding hydrogens is 1190 g/mol. The van der Waals surface area contributed by atoms with Crippen LogP contribution in [-0.4, -0.2) is 173 Å². The summed E-state index contributed by atoms with van der Waals surface area (Å²) in [5, 5.41) is 56.8. The maximum absolute atomic E-state index is 13.8. The molecule has 93 heavy (non-hydrogen) atoms. The van der Waals surface area contributed by atoms with E-state index in [1.165, 1.54) is 16.9 Å². The molecule has 10 heterocycles. The zero-order valence-corrected chi connectivity index (χ0v) is 52.7. The molecular formula is C70H68N8O15. The quantitative estimate of drug-likeness (QED) is 0.0945. The molecule has 6 aromatic carbocycles. The Hall–Kier alpha value is -9.62. The van der Waals surface area contributed by atoms with Gasteiger partial charge in [0, 0.05) is 88.9 Å². The maximum Gasteiger partial charge on any atom is 0.261 e. The van der Waals surface area contributed by atoms with Gasteiger partial charge in [-0.3, -0.25) is 48.6 Å². The Labute approximate surface area is 535 Å². The molecule has 2 fully saturated rings. The number of benzene rings is 6. The summed E-state index contributed by atoms with van der Waals surface area (Å²) in [4.78, 5) is 66.0. The van der Waals surface area contributed by atoms with Gasteiger partial charge in [-0.05, 0) is 114 Å². The molecule has 0 aromatic heterocycles. The highest BCUT2D eigenvalue weighted by Crippen LogP contribution is 2.61. The molecule has 0 aliphatic carbocycles. The van der Waals surface area contributed by atoms with Crippen molar-refractivity contribution in [2.24, 2.45) is 0 Å². The Bertz CT molecular complexity index is 4300. The maximum atomic E-state index is 13.8. The minimum atomic E-state index is -0.706. The van der Waals surface area contributed by atoms with Crippen molar-refractivity contribution >= 4 is 23.6 Å². The van der Waals surface area contributed by atoms with Gasteiger partial charge >= 0.3 is 0 Å². The smallest absolute Gasteiger partial charge is 0.261 e. The number of phenolic OH excluding ortho intramolecular Hbond substituents is 3. The minimum Gasteiger partial charge on any atom is -0.507 e. The van der Waals surface area contributed by atoms with Gasteiger partial charge in [0.15, 0.2) is 52.8 Å². The van der Waals surface area contributed by atoms with E-state index in [0.29, 0.717) is 122 Å². The van der Waals surface area contributed by atoms with Crippen LogP contribution < -0.4 is 33.2 Å². The lowest BCUT2D eigenvalue weighted by atomic mass is 9.71. The van der Waals surface area contributed by atoms with Crippen LogP contribution in [0.5, 0.6) is 57.5 Å². The van der Waals surface area contributed by atoms with Gasteiger partial charge in [0.1, 0.15) is 23.6 Å². The van der Waals surface area contributed by atoms with Gasteiger partial charge in [-0.25, -0.2) is 0 Å². The standard InChI is InChI=1S/C36H36N4O8.C34H32N4O7/c1-17-10-19-11-23-25(13-37)40-24(29(38(23)3)27(19)33(31(17)45-5)46-15-44-4)12-22-28(34-32(47-16-48-34)18(2)30(22)41)26(40)14-39-35(42)20-8-6-7-9-21(20)36(39)43;1-15-9-17-10-21-23(12-35)38-22(27(36(21)3)25(17)29(40)30(15)43-4)11-20-26(32-31(44-14-45-32)16(2)28(20)39)24(38)13-37-33(41)18-7-5-6-8-19(18)34(37)42/h6-10,23-26,29,41H,11-12,14-16H2,1-5H3;5-9,21-24,27,39-40H,10-11,13-14H2,1-4H3/t23-,24-,25-,26-,29-;21-,22-,23-,24-,27-/m00/s1. The molecule has 0 spiro atoms. The fourth-order valence-corrected chi connectivity index (χ4v) is 17.4. The van der Waals surface area contributed by atoms with Crippen LogP contribution in [0.4, 0.5) is 0 Å². The van der Waals surface area contributed by atoms with E-state index in [-0.39, 0.29) is 80.9 Å². The Kier molecular flexibility index (Phi) is 14.1. The van der Waals surface area contributed by atoms with Gasteiger partial charge in [0.2, 0.25) is 13.6 Å². The number of methoxy groups -OCH3 is 3. The normalized spacial score (nSPS) is 25.7. The van der Waals surface area contributed by atoms with E-state index in [9.17, 15) is 45.0 Å². The molecule has 10 aliphatic heterocycles. The summed E-state index contributed by atoms with van der Waals surface area (Å²) < 4.78 is 46.8. The van der Waals surface area contributed by atoms with E-state index < -0.39 is 53.8 Å². The summed E-state index contributed by atoms with van der Waals surface area (Å²) in [6.07, 6.45) is 1.75. The van der Waals surface area contributed by atoms with Crippen molar-refractivity contribution in [2.75, 3.05) is 68.9 Å². The van der Waals surface area contributed by atoms with E-state index >= 15 is 0 Å². The zero-order chi connectivity index (χ0) is 65.1. The zero-order valence-electron chi connectivity index (χ0n) is 52.7. The van der Waals surface area contributed by atoms with Gasteiger partial charge in [-0.15, -0.1) is 0 Å². The molecule has 10 aliphatic rings. The van der Waals surface area contributed by atoms with Crippen molar-refractivity contribution in [1.29, 1.82) is 10.5 Å². The highest BCUT2D eigenvalue weighted by atomic mass is 16.7. The predicted molar refractivity (Wildman–Crippen MR) is 330 cm³/mol. The van der Waals surface area contributed by atoms with Crippen molar-refractivity contribution in [3.8, 4) is 69.6 Å². The van der Waals surface area contributed by atoms with E-state index in [1.807, 2.05) is 34.0 Å². The first-order valence-corrected chi connectivity index (χ1v) is 31.1. The van der Waals surface area contributed by atoms with Crippen molar-refractivity contribution in [3.63, 3.8) is 0 Å². The number of hydrogen-bond acceptors (Lipinski definition) is 21. The number of nitriles is 2. The first-order valence-electron chi connectivity index (χ1n) is 31.1. The second kappa shape index (κ2) is 22.0. The summed E-state index contributed by atoms with van der Waals surface area (Å²) in [5.74, 6) is 1.96. The van der Waals surface area contributed by atoms with Crippen molar-refractivity contribution < 1.29 is 72.4 Å². The number of aromatic hydroxyl groups is 3. The number of nitrogens with zero attached hydrogens (tertiary/aromatic N) is 8. The molecule has 0 saturated carbocycles. The minimum absolute atomic E-state index is 0.00990. The Balaban J connectivity index is 0.000000154. The van der Waals surface area contributed by atoms with Crippen molar-refractivity contribution in [3.05, 3.63) is 150 Å². The highest BCUT2D eigenvalue weighted by Gasteiger charge is 2.60. The third kappa shape index (κ3) is 8.36. The number of rotatable bonds is 9. The number of carbonyl (C=O) groups is 4. The van der Waals surface area contributed by atoms with Crippen molar-refractivity contribution in [1.82, 2.24) is 29.4 Å². The number of amides is 4. The van der Waals surface area contributed by atoms with Crippen molar-refractivity contribution in [2.45, 2.75) is 114 Å². The summed E-state index contributed by atoms with van der Waals surface area (Å²) >= 11 is 0. The third-order valence-corrected chi connectivity index (χ3v) is 21.4. The third-order valence-electron chi connectivity index (χ3n) is 21.4. The van der Waals surface area contributed by atoms with Gasteiger partial charge in [-0.1, -0.05) is 36.4 Å². The van der Waals surface area contributed by atoms with E-state index in [2.05, 4.69) is 37.8 Å². The van der Waals surface area contributed by atoms with Gasteiger partial charge < -0.3 is 53.2 Å². The van der Waals surface area contributed by atoms with Crippen LogP contribution in [0.3, 0.4) is 0 Å². The van der Waals surface area contributed by atoms with Crippen LogP contribution in [0.15, 0.2) is 60.7 Å². The Morgan fingerprint density at radius 1 is 0.516 bits per heavy atom. The number of likely N-dealkylation sites (N-methyl/N-ethyl adjacent to an activating group) is 2. The molecule has 23 heteroatoms. The molecule has 3 N–H and O–H groups in total. The van der Waals surface area contributed by atoms with Crippen LogP contribution in [0.2, 0.25) is 0 Å². The SMILES string of the molecule is COCOc1c(OC)c(C)cc2c1[C@@H]1[C@@H]3Cc4c(O)c(C)c5c(c4[C@H](CN4C(=O)c6ccccc6C4=O)N3[C@@H](C#N)[C@H](C2)N1C)OCO5.COc1c(C)cc2c(c1O)[C@@H]1[C@@H]3Cc4c(O)c(C)c5c(c4[C@H](CN4C(=O)c6ccccc6C4=O)N3[C@@H](C#N)[C@H](C2)N1C)OCO5. The lowest BCUT2D eigenvalue weighted by Crippen LogP contribution is -2.69. The lowest BCUT2D eigenvalue weighted by molar-refractivity contribution is -0.0766. The lowest BCUT2D eigenvalue weighted by Gasteiger charge is -2.60. The number of phenols is 3. The molecule has 0 radical (unpaired) electrons. The summed E-state index contributed by atoms with van der Waals surface area (Å²) in [6.45, 7) is 7.25. The van der Waals surface area contributed by atoms with Crippen LogP contribution >= 0.6 is 0 Å². The number of hydrogen-bond donors (Lipinski definition) is 3. The van der Waals surface area contributed by atoms with Gasteiger partial charge in [0.05, 0.1) is 72.8 Å². The summed E-state index contributed by atoms with van der Waals surface area (Å²) in [6, 6.07) is 18.2. The second-order valence-corrected chi connectivity index (χ2v) is 25.6. The number of aryl methyl sites for hydroxylation is 2. The number of ether oxygens (including phenoxy) is 8. The number of imide groups is 2. The second-order valence-electron chi connectivity index (χ2n) is 25.6. The van der Waals surface area contributed by atoms with E-state index in [0.717, 1.165) is 33.4 Å². The largest absolute Gasteiger partial charge is 0.507 e. The molecule has 4 bridgehead atoms. The fraction of sp³-hybridized carbons (Fsp3) is 0.400. The van der Waals surface area contributed by atoms with E-state index in [1.54, 1.807) is 76.6 Å². The predicted octanol–water partition coefficient (Wildman–Crippen LogP) is 7.32. The topological polar surface area (TPSA) is 270 Å². The number of fused-ring (bicyclic) bond motifs is 20. The molecule has 478 valence electrons. The average Bonchev–Trinajstić information content (AvgIpc) is 1.49. The monoisotopic (exact) mass is 1260 g/mol. The molecule has 10 atom stereocenters. The average molecular weight is 1260 g/mol. The number of carbonyl (C=O) groups excluding carboxylic acids is 4. The van der Waals surface area contributed by atoms with Gasteiger partial charge in [0.25, 0.3) is 23.6 Å². The van der Waals surface area contributed by atoms with E-state index in [4.69, 9.17) is 37.9 Å². The molecule has 16 rings (SSSR count). The first-order chi connectivity index (χ1) is 44.9. The van der Waals surface area contributed by atoms with Crippen LogP contribution in [0, 0.1) is 50.4 Å². The molecule has 0 unspecified atom stereocenters. The molecule has 4 amide bonds.